The number of nitrogens with zero attached hydrogens (tertiary/aromatic N) is 2. The highest BCUT2D eigenvalue weighted by Crippen LogP contribution is 2.55. The van der Waals surface area contributed by atoms with Crippen molar-refractivity contribution in [2.75, 3.05) is 37.5 Å². The summed E-state index contributed by atoms with van der Waals surface area (Å²) in [5.74, 6) is -6.40. The normalized spacial score (nSPS) is 24.3. The van der Waals surface area contributed by atoms with Gasteiger partial charge in [-0.1, -0.05) is 13.0 Å². The van der Waals surface area contributed by atoms with Gasteiger partial charge in [-0.15, -0.1) is 0 Å². The van der Waals surface area contributed by atoms with Gasteiger partial charge < -0.3 is 24.8 Å². The number of pyridine rings is 1. The van der Waals surface area contributed by atoms with Gasteiger partial charge in [-0.05, 0) is 19.1 Å². The van der Waals surface area contributed by atoms with E-state index in [9.17, 15) is 26.7 Å². The highest BCUT2D eigenvalue weighted by Gasteiger charge is 2.65. The highest BCUT2D eigenvalue weighted by molar-refractivity contribution is 5.95. The zero-order valence-electron chi connectivity index (χ0n) is 19.5. The van der Waals surface area contributed by atoms with E-state index in [0.29, 0.717) is 5.82 Å². The fraction of sp³-hybridized carbons (Fsp3) is 0.478. The third kappa shape index (κ3) is 4.90. The van der Waals surface area contributed by atoms with Crippen LogP contribution in [0.5, 0.6) is 5.75 Å². The standard InChI is InChI=1S/C23H26F5N3O4/c1-12-17(14-5-6-15(24)18(25)19(14)34-4)20(35-22(12,2)23(26,27)28)21(33)30-13-7-8-29-16(11-13)31(3)9-10-32/h5-8,11-12,17,20,32H,9-10H2,1-4H3,(H,29,30,33)/t12-,17-,20+,22+/m0/s1. The van der Waals surface area contributed by atoms with E-state index in [0.717, 1.165) is 26.2 Å². The van der Waals surface area contributed by atoms with Crippen LogP contribution in [0.1, 0.15) is 25.3 Å². The van der Waals surface area contributed by atoms with Crippen molar-refractivity contribution in [1.29, 1.82) is 0 Å². The van der Waals surface area contributed by atoms with Gasteiger partial charge in [-0.25, -0.2) is 9.37 Å². The molecule has 1 amide bonds. The number of nitrogens with one attached hydrogen (secondary N) is 1. The molecule has 1 aromatic heterocycles. The van der Waals surface area contributed by atoms with Crippen LogP contribution in [0.2, 0.25) is 0 Å². The lowest BCUT2D eigenvalue weighted by molar-refractivity contribution is -0.272. The molecule has 2 aromatic rings. The van der Waals surface area contributed by atoms with Crippen molar-refractivity contribution in [2.24, 2.45) is 5.92 Å². The smallest absolute Gasteiger partial charge is 0.417 e. The number of ether oxygens (including phenoxy) is 2. The Bertz CT molecular complexity index is 1080. The van der Waals surface area contributed by atoms with Crippen molar-refractivity contribution < 1.29 is 41.3 Å². The fourth-order valence-corrected chi connectivity index (χ4v) is 4.22. The fourth-order valence-electron chi connectivity index (χ4n) is 4.22. The molecule has 0 radical (unpaired) electrons. The van der Waals surface area contributed by atoms with Gasteiger partial charge in [-0.3, -0.25) is 4.79 Å². The highest BCUT2D eigenvalue weighted by atomic mass is 19.4. The monoisotopic (exact) mass is 503 g/mol. The summed E-state index contributed by atoms with van der Waals surface area (Å²) < 4.78 is 80.6. The number of aliphatic hydroxyl groups excluding tert-OH is 1. The summed E-state index contributed by atoms with van der Waals surface area (Å²) in [6.07, 6.45) is -5.18. The SMILES string of the molecule is COc1c([C@H]2[C@H](C(=O)Nc3ccnc(N(C)CCO)c3)O[C@@](C)(C(F)(F)F)[C@H]2C)ccc(F)c1F. The molecule has 1 fully saturated rings. The van der Waals surface area contributed by atoms with E-state index < -0.39 is 53.0 Å². The van der Waals surface area contributed by atoms with Crippen LogP contribution in [0.3, 0.4) is 0 Å². The van der Waals surface area contributed by atoms with Crippen molar-refractivity contribution in [3.8, 4) is 5.75 Å². The van der Waals surface area contributed by atoms with Crippen molar-refractivity contribution in [3.63, 3.8) is 0 Å². The average Bonchev–Trinajstić information content (AvgIpc) is 3.08. The van der Waals surface area contributed by atoms with Crippen LogP contribution >= 0.6 is 0 Å². The molecule has 1 aromatic carbocycles. The molecule has 1 saturated heterocycles. The number of aliphatic hydroxyl groups is 1. The molecule has 2 heterocycles. The molecule has 3 rings (SSSR count). The van der Waals surface area contributed by atoms with Crippen molar-refractivity contribution in [3.05, 3.63) is 47.7 Å². The Morgan fingerprint density at radius 3 is 2.60 bits per heavy atom. The molecule has 0 saturated carbocycles. The summed E-state index contributed by atoms with van der Waals surface area (Å²) in [6, 6.07) is 4.77. The van der Waals surface area contributed by atoms with Crippen LogP contribution in [0, 0.1) is 17.6 Å². The first-order valence-electron chi connectivity index (χ1n) is 10.7. The molecular formula is C23H26F5N3O4. The molecule has 1 aliphatic heterocycles. The van der Waals surface area contributed by atoms with Gasteiger partial charge >= 0.3 is 6.18 Å². The molecule has 0 unspecified atom stereocenters. The number of rotatable bonds is 7. The number of amides is 1. The lowest BCUT2D eigenvalue weighted by Crippen LogP contribution is -2.47. The number of hydrogen-bond acceptors (Lipinski definition) is 6. The second-order valence-corrected chi connectivity index (χ2v) is 8.48. The number of carbonyl (C=O) groups is 1. The van der Waals surface area contributed by atoms with Crippen molar-refractivity contribution in [1.82, 2.24) is 4.98 Å². The molecule has 0 aliphatic carbocycles. The van der Waals surface area contributed by atoms with E-state index in [1.165, 1.54) is 25.3 Å². The third-order valence-electron chi connectivity index (χ3n) is 6.41. The molecule has 1 aliphatic rings. The van der Waals surface area contributed by atoms with E-state index in [1.807, 2.05) is 0 Å². The summed E-state index contributed by atoms with van der Waals surface area (Å²) >= 11 is 0. The molecule has 0 spiro atoms. The number of halogens is 5. The molecule has 35 heavy (non-hydrogen) atoms. The predicted molar refractivity (Wildman–Crippen MR) is 117 cm³/mol. The first kappa shape index (κ1) is 26.6. The van der Waals surface area contributed by atoms with Gasteiger partial charge in [0.1, 0.15) is 11.9 Å². The summed E-state index contributed by atoms with van der Waals surface area (Å²) in [5.41, 5.74) is -2.65. The average molecular weight is 503 g/mol. The number of aromatic nitrogens is 1. The van der Waals surface area contributed by atoms with Crippen LogP contribution < -0.4 is 15.0 Å². The van der Waals surface area contributed by atoms with E-state index in [-0.39, 0.29) is 24.4 Å². The quantitative estimate of drug-likeness (QED) is 0.559. The van der Waals surface area contributed by atoms with Crippen molar-refractivity contribution >= 4 is 17.4 Å². The van der Waals surface area contributed by atoms with Gasteiger partial charge in [0.05, 0.1) is 13.7 Å². The van der Waals surface area contributed by atoms with Crippen molar-refractivity contribution in [2.45, 2.75) is 37.6 Å². The van der Waals surface area contributed by atoms with Crippen LogP contribution in [0.25, 0.3) is 0 Å². The van der Waals surface area contributed by atoms with E-state index in [1.54, 1.807) is 11.9 Å². The summed E-state index contributed by atoms with van der Waals surface area (Å²) in [7, 11) is 2.72. The second kappa shape index (κ2) is 9.94. The van der Waals surface area contributed by atoms with E-state index in [2.05, 4.69) is 10.3 Å². The lowest BCUT2D eigenvalue weighted by Gasteiger charge is -2.32. The maximum absolute atomic E-state index is 14.4. The maximum atomic E-state index is 14.4. The van der Waals surface area contributed by atoms with Gasteiger partial charge in [0.15, 0.2) is 17.2 Å². The summed E-state index contributed by atoms with van der Waals surface area (Å²) in [6.45, 7) is 2.17. The van der Waals surface area contributed by atoms with Crippen LogP contribution in [0.15, 0.2) is 30.5 Å². The number of alkyl halides is 3. The minimum Gasteiger partial charge on any atom is -0.493 e. The lowest BCUT2D eigenvalue weighted by atomic mass is 9.77. The molecular weight excluding hydrogens is 477 g/mol. The molecule has 0 bridgehead atoms. The number of methoxy groups -OCH3 is 1. The minimum atomic E-state index is -4.86. The molecule has 2 N–H and O–H groups in total. The Morgan fingerprint density at radius 1 is 1.31 bits per heavy atom. The Hall–Kier alpha value is -2.99. The summed E-state index contributed by atoms with van der Waals surface area (Å²) in [5, 5.41) is 11.6. The van der Waals surface area contributed by atoms with E-state index in [4.69, 9.17) is 14.6 Å². The Morgan fingerprint density at radius 2 is 2.00 bits per heavy atom. The van der Waals surface area contributed by atoms with E-state index >= 15 is 0 Å². The number of hydrogen-bond donors (Lipinski definition) is 2. The van der Waals surface area contributed by atoms with Crippen LogP contribution in [-0.4, -0.2) is 61.2 Å². The first-order valence-corrected chi connectivity index (χ1v) is 10.7. The number of benzene rings is 1. The van der Waals surface area contributed by atoms with Gasteiger partial charge in [-0.2, -0.15) is 17.6 Å². The van der Waals surface area contributed by atoms with Gasteiger partial charge in [0.25, 0.3) is 5.91 Å². The molecule has 12 heteroatoms. The first-order chi connectivity index (χ1) is 16.4. The molecule has 7 nitrogen and oxygen atoms in total. The summed E-state index contributed by atoms with van der Waals surface area (Å²) in [4.78, 5) is 19.0. The second-order valence-electron chi connectivity index (χ2n) is 8.48. The van der Waals surface area contributed by atoms with Gasteiger partial charge in [0.2, 0.25) is 5.82 Å². The molecule has 4 atom stereocenters. The number of carbonyl (C=O) groups excluding carboxylic acids is 1. The topological polar surface area (TPSA) is 83.9 Å². The van der Waals surface area contributed by atoms with Gasteiger partial charge in [0, 0.05) is 48.9 Å². The predicted octanol–water partition coefficient (Wildman–Crippen LogP) is 3.88. The number of anilines is 2. The zero-order chi connectivity index (χ0) is 26.1. The Balaban J connectivity index is 2.02. The Kier molecular flexibility index (Phi) is 7.56. The number of likely N-dealkylation sites (N-methyl/N-ethyl adjacent to an activating group) is 1. The van der Waals surface area contributed by atoms with Crippen LogP contribution in [0.4, 0.5) is 33.5 Å². The maximum Gasteiger partial charge on any atom is 0.417 e. The van der Waals surface area contributed by atoms with Crippen LogP contribution in [-0.2, 0) is 9.53 Å². The Labute approximate surface area is 198 Å². The third-order valence-corrected chi connectivity index (χ3v) is 6.41. The minimum absolute atomic E-state index is 0.120. The molecule has 192 valence electrons. The zero-order valence-corrected chi connectivity index (χ0v) is 19.5. The largest absolute Gasteiger partial charge is 0.493 e.